The van der Waals surface area contributed by atoms with Crippen molar-refractivity contribution in [1.82, 2.24) is 10.2 Å². The standard InChI is InChI=1S/C25H37N5O7/c26-5-11-35-13-15-37-16-14-36-12-10-28-6-8-29(9-7-28)20-1-2-21-19(17-20)18-30(34,25(21)33)22-3-4-23(31)27-24(22)32/h1-2,17,22H,3-16,18,26H2,(H,27,31,32). The van der Waals surface area contributed by atoms with E-state index in [0.717, 1.165) is 38.4 Å². The van der Waals surface area contributed by atoms with E-state index in [0.29, 0.717) is 57.3 Å². The van der Waals surface area contributed by atoms with Gasteiger partial charge in [-0.05, 0) is 18.2 Å². The van der Waals surface area contributed by atoms with E-state index in [4.69, 9.17) is 19.9 Å². The van der Waals surface area contributed by atoms with Crippen molar-refractivity contribution in [3.63, 3.8) is 0 Å². The van der Waals surface area contributed by atoms with Crippen LogP contribution in [0.25, 0.3) is 0 Å². The number of carbonyl (C=O) groups excluding carboxylic acids is 3. The quantitative estimate of drug-likeness (QED) is 0.153. The van der Waals surface area contributed by atoms with E-state index in [1.165, 1.54) is 0 Å². The third-order valence-electron chi connectivity index (χ3n) is 7.08. The monoisotopic (exact) mass is 519 g/mol. The molecule has 2 atom stereocenters. The number of rotatable bonds is 13. The third-order valence-corrected chi connectivity index (χ3v) is 7.08. The zero-order chi connectivity index (χ0) is 26.3. The number of imide groups is 1. The Morgan fingerprint density at radius 3 is 2.32 bits per heavy atom. The number of nitrogens with one attached hydrogen (secondary N) is 1. The Labute approximate surface area is 216 Å². The Morgan fingerprint density at radius 2 is 1.65 bits per heavy atom. The zero-order valence-electron chi connectivity index (χ0n) is 21.2. The maximum atomic E-state index is 13.5. The number of nitrogens with zero attached hydrogens (tertiary/aromatic N) is 3. The van der Waals surface area contributed by atoms with Crippen molar-refractivity contribution in [3.8, 4) is 0 Å². The summed E-state index contributed by atoms with van der Waals surface area (Å²) in [6.45, 7) is 8.01. The molecule has 2 fully saturated rings. The fourth-order valence-corrected chi connectivity index (χ4v) is 5.03. The van der Waals surface area contributed by atoms with Crippen LogP contribution in [0.1, 0.15) is 28.8 Å². The number of hydrogen-bond acceptors (Lipinski definition) is 10. The molecule has 3 heterocycles. The fraction of sp³-hybridized carbons (Fsp3) is 0.640. The summed E-state index contributed by atoms with van der Waals surface area (Å²) in [5, 5.41) is 15.7. The van der Waals surface area contributed by atoms with Gasteiger partial charge < -0.3 is 30.1 Å². The first-order chi connectivity index (χ1) is 17.9. The second-order valence-electron chi connectivity index (χ2n) is 9.52. The molecule has 1 aromatic rings. The predicted octanol–water partition coefficient (Wildman–Crippen LogP) is -0.409. The maximum Gasteiger partial charge on any atom is 0.347 e. The number of hydroxylamine groups is 3. The second-order valence-corrected chi connectivity index (χ2v) is 9.52. The lowest BCUT2D eigenvalue weighted by Gasteiger charge is -2.42. The lowest BCUT2D eigenvalue weighted by Crippen LogP contribution is -2.60. The molecule has 0 spiro atoms. The van der Waals surface area contributed by atoms with E-state index >= 15 is 0 Å². The molecule has 12 nitrogen and oxygen atoms in total. The molecule has 0 aliphatic carbocycles. The molecule has 204 valence electrons. The van der Waals surface area contributed by atoms with Crippen LogP contribution in [0.15, 0.2) is 18.2 Å². The van der Waals surface area contributed by atoms with Gasteiger partial charge in [0, 0.05) is 63.4 Å². The first-order valence-electron chi connectivity index (χ1n) is 12.9. The second kappa shape index (κ2) is 12.9. The number of piperazine rings is 1. The Hall–Kier alpha value is -2.45. The number of anilines is 1. The molecule has 0 radical (unpaired) electrons. The van der Waals surface area contributed by atoms with Gasteiger partial charge in [-0.2, -0.15) is 0 Å². The Kier molecular flexibility index (Phi) is 9.60. The van der Waals surface area contributed by atoms with Crippen LogP contribution >= 0.6 is 0 Å². The number of hydrogen-bond donors (Lipinski definition) is 2. The molecule has 0 saturated carbocycles. The largest absolute Gasteiger partial charge is 0.624 e. The van der Waals surface area contributed by atoms with Gasteiger partial charge >= 0.3 is 5.91 Å². The molecule has 12 heteroatoms. The zero-order valence-corrected chi connectivity index (χ0v) is 21.2. The number of carbonyl (C=O) groups is 3. The third kappa shape index (κ3) is 6.71. The number of benzene rings is 1. The molecule has 2 unspecified atom stereocenters. The minimum Gasteiger partial charge on any atom is -0.624 e. The number of fused-ring (bicyclic) bond motifs is 1. The minimum atomic E-state index is -1.25. The van der Waals surface area contributed by atoms with Crippen molar-refractivity contribution in [2.24, 2.45) is 5.73 Å². The molecule has 3 aliphatic heterocycles. The molecule has 3 amide bonds. The lowest BCUT2D eigenvalue weighted by molar-refractivity contribution is -0.825. The Bertz CT molecular complexity index is 969. The maximum absolute atomic E-state index is 13.5. The van der Waals surface area contributed by atoms with Gasteiger partial charge in [0.25, 0.3) is 5.91 Å². The summed E-state index contributed by atoms with van der Waals surface area (Å²) in [5.41, 5.74) is 7.34. The van der Waals surface area contributed by atoms with Gasteiger partial charge in [0.15, 0.2) is 6.04 Å². The smallest absolute Gasteiger partial charge is 0.347 e. The van der Waals surface area contributed by atoms with Crippen LogP contribution in [0.2, 0.25) is 0 Å². The molecule has 4 rings (SSSR count). The van der Waals surface area contributed by atoms with Crippen LogP contribution in [0.3, 0.4) is 0 Å². The molecular weight excluding hydrogens is 482 g/mol. The van der Waals surface area contributed by atoms with E-state index in [1.54, 1.807) is 6.07 Å². The van der Waals surface area contributed by atoms with E-state index in [2.05, 4.69) is 15.1 Å². The van der Waals surface area contributed by atoms with Gasteiger partial charge in [-0.3, -0.25) is 24.5 Å². The molecule has 0 bridgehead atoms. The summed E-state index contributed by atoms with van der Waals surface area (Å²) in [4.78, 5) is 41.3. The lowest BCUT2D eigenvalue weighted by atomic mass is 10.0. The first-order valence-corrected chi connectivity index (χ1v) is 12.9. The predicted molar refractivity (Wildman–Crippen MR) is 134 cm³/mol. The highest BCUT2D eigenvalue weighted by Crippen LogP contribution is 2.36. The van der Waals surface area contributed by atoms with Crippen LogP contribution in [0.4, 0.5) is 5.69 Å². The minimum absolute atomic E-state index is 0.0711. The molecule has 1 aromatic carbocycles. The van der Waals surface area contributed by atoms with Gasteiger partial charge in [0.05, 0.1) is 45.2 Å². The fourth-order valence-electron chi connectivity index (χ4n) is 5.03. The average molecular weight is 520 g/mol. The van der Waals surface area contributed by atoms with Crippen molar-refractivity contribution in [1.29, 1.82) is 0 Å². The Balaban J connectivity index is 1.19. The van der Waals surface area contributed by atoms with E-state index in [-0.39, 0.29) is 19.4 Å². The summed E-state index contributed by atoms with van der Waals surface area (Å²) in [5.74, 6) is -1.67. The van der Waals surface area contributed by atoms with E-state index in [1.807, 2.05) is 12.1 Å². The van der Waals surface area contributed by atoms with Crippen LogP contribution in [-0.4, -0.2) is 112 Å². The number of amides is 3. The Morgan fingerprint density at radius 1 is 0.973 bits per heavy atom. The van der Waals surface area contributed by atoms with Gasteiger partial charge in [-0.15, -0.1) is 0 Å². The molecule has 0 aromatic heterocycles. The highest BCUT2D eigenvalue weighted by Gasteiger charge is 2.49. The van der Waals surface area contributed by atoms with Crippen molar-refractivity contribution < 1.29 is 33.2 Å². The van der Waals surface area contributed by atoms with Gasteiger partial charge in [-0.1, -0.05) is 0 Å². The van der Waals surface area contributed by atoms with Crippen LogP contribution in [0.5, 0.6) is 0 Å². The van der Waals surface area contributed by atoms with Crippen molar-refractivity contribution in [2.75, 3.05) is 83.8 Å². The SMILES string of the molecule is NCCOCCOCCOCCN1CCN(c2ccc3c(c2)C[N+]([O-])(C2CCC(=O)NC2=O)C3=O)CC1. The van der Waals surface area contributed by atoms with Crippen molar-refractivity contribution >= 4 is 23.4 Å². The normalized spacial score (nSPS) is 24.4. The number of piperidine rings is 1. The molecule has 3 N–H and O–H groups in total. The van der Waals surface area contributed by atoms with Crippen LogP contribution in [0, 0.1) is 5.21 Å². The van der Waals surface area contributed by atoms with Gasteiger partial charge in [0.2, 0.25) is 5.91 Å². The number of ether oxygens (including phenoxy) is 3. The topological polar surface area (TPSA) is 146 Å². The highest BCUT2D eigenvalue weighted by atomic mass is 16.6. The summed E-state index contributed by atoms with van der Waals surface area (Å²) >= 11 is 0. The summed E-state index contributed by atoms with van der Waals surface area (Å²) < 4.78 is 15.1. The summed E-state index contributed by atoms with van der Waals surface area (Å²) in [6.07, 6.45) is 0.158. The molecule has 37 heavy (non-hydrogen) atoms. The summed E-state index contributed by atoms with van der Waals surface area (Å²) in [6, 6.07) is 4.38. The highest BCUT2D eigenvalue weighted by molar-refractivity contribution is 6.02. The number of nitrogens with two attached hydrogens (primary N) is 1. The molecule has 3 aliphatic rings. The van der Waals surface area contributed by atoms with Crippen molar-refractivity contribution in [3.05, 3.63) is 34.5 Å². The van der Waals surface area contributed by atoms with Gasteiger partial charge in [0.1, 0.15) is 6.54 Å². The van der Waals surface area contributed by atoms with Crippen LogP contribution in [-0.2, 0) is 30.3 Å². The van der Waals surface area contributed by atoms with Crippen molar-refractivity contribution in [2.45, 2.75) is 25.4 Å². The van der Waals surface area contributed by atoms with Crippen LogP contribution < -0.4 is 16.0 Å². The molecule has 2 saturated heterocycles. The van der Waals surface area contributed by atoms with E-state index in [9.17, 15) is 19.6 Å². The first kappa shape index (κ1) is 27.6. The average Bonchev–Trinajstić information content (AvgIpc) is 3.15. The summed E-state index contributed by atoms with van der Waals surface area (Å²) in [7, 11) is 0. The number of quaternary nitrogens is 1. The molecular formula is C25H37N5O7. The van der Waals surface area contributed by atoms with Gasteiger partial charge in [-0.25, -0.2) is 4.79 Å². The van der Waals surface area contributed by atoms with E-state index < -0.39 is 28.4 Å².